The lowest BCUT2D eigenvalue weighted by molar-refractivity contribution is 0.229. The third kappa shape index (κ3) is 3.04. The second-order valence-corrected chi connectivity index (χ2v) is 6.13. The molecular weight excluding hydrogens is 260 g/mol. The molecule has 104 valence electrons. The van der Waals surface area contributed by atoms with Crippen molar-refractivity contribution >= 4 is 11.6 Å². The molecular formula is C15H21ClN2O. The molecule has 3 rings (SSSR count). The number of likely N-dealkylation sites (tertiary alicyclic amines) is 2. The summed E-state index contributed by atoms with van der Waals surface area (Å²) in [5, 5.41) is 10.6. The monoisotopic (exact) mass is 280 g/mol. The molecule has 4 heteroatoms. The fraction of sp³-hybridized carbons (Fsp3) is 0.600. The SMILES string of the molecule is Oc1ccc(Cl)cc1CN1CCC(N2CCCC2)C1. The highest BCUT2D eigenvalue weighted by Gasteiger charge is 2.29. The summed E-state index contributed by atoms with van der Waals surface area (Å²) in [5.74, 6) is 0.356. The highest BCUT2D eigenvalue weighted by Crippen LogP contribution is 2.26. The molecule has 3 nitrogen and oxygen atoms in total. The van der Waals surface area contributed by atoms with Crippen molar-refractivity contribution < 1.29 is 5.11 Å². The topological polar surface area (TPSA) is 26.7 Å². The van der Waals surface area contributed by atoms with E-state index >= 15 is 0 Å². The molecule has 0 spiro atoms. The van der Waals surface area contributed by atoms with Gasteiger partial charge in [-0.15, -0.1) is 0 Å². The van der Waals surface area contributed by atoms with Crippen molar-refractivity contribution in [2.24, 2.45) is 0 Å². The van der Waals surface area contributed by atoms with Gasteiger partial charge in [0.1, 0.15) is 5.75 Å². The predicted octanol–water partition coefficient (Wildman–Crippen LogP) is 2.72. The average Bonchev–Trinajstić information content (AvgIpc) is 3.04. The highest BCUT2D eigenvalue weighted by molar-refractivity contribution is 6.30. The van der Waals surface area contributed by atoms with Crippen LogP contribution in [-0.2, 0) is 6.54 Å². The van der Waals surface area contributed by atoms with Crippen LogP contribution in [0.3, 0.4) is 0 Å². The van der Waals surface area contributed by atoms with Crippen LogP contribution >= 0.6 is 11.6 Å². The first kappa shape index (κ1) is 13.2. The number of rotatable bonds is 3. The summed E-state index contributed by atoms with van der Waals surface area (Å²) in [5.41, 5.74) is 0.939. The van der Waals surface area contributed by atoms with Crippen LogP contribution in [0.4, 0.5) is 0 Å². The summed E-state index contributed by atoms with van der Waals surface area (Å²) in [4.78, 5) is 5.05. The van der Waals surface area contributed by atoms with Crippen LogP contribution in [0.5, 0.6) is 5.75 Å². The lowest BCUT2D eigenvalue weighted by Gasteiger charge is -2.23. The van der Waals surface area contributed by atoms with Crippen LogP contribution in [0.15, 0.2) is 18.2 Å². The first-order valence-electron chi connectivity index (χ1n) is 7.16. The van der Waals surface area contributed by atoms with Crippen LogP contribution in [0.2, 0.25) is 5.02 Å². The van der Waals surface area contributed by atoms with Gasteiger partial charge in [0.2, 0.25) is 0 Å². The second kappa shape index (κ2) is 5.70. The van der Waals surface area contributed by atoms with Crippen LogP contribution in [0, 0.1) is 0 Å². The molecule has 2 aliphatic rings. The molecule has 2 aliphatic heterocycles. The number of phenols is 1. The van der Waals surface area contributed by atoms with E-state index in [-0.39, 0.29) is 0 Å². The average molecular weight is 281 g/mol. The molecule has 2 heterocycles. The molecule has 1 atom stereocenters. The molecule has 2 fully saturated rings. The van der Waals surface area contributed by atoms with E-state index < -0.39 is 0 Å². The van der Waals surface area contributed by atoms with Gasteiger partial charge in [-0.3, -0.25) is 9.80 Å². The minimum Gasteiger partial charge on any atom is -0.508 e. The van der Waals surface area contributed by atoms with Gasteiger partial charge < -0.3 is 5.11 Å². The normalized spacial score (nSPS) is 25.2. The van der Waals surface area contributed by atoms with Gasteiger partial charge in [-0.25, -0.2) is 0 Å². The van der Waals surface area contributed by atoms with Gasteiger partial charge in [0.25, 0.3) is 0 Å². The largest absolute Gasteiger partial charge is 0.508 e. The Labute approximate surface area is 119 Å². The van der Waals surface area contributed by atoms with Gasteiger partial charge in [0.15, 0.2) is 0 Å². The Hall–Kier alpha value is -0.770. The predicted molar refractivity (Wildman–Crippen MR) is 77.6 cm³/mol. The number of hydrogen-bond acceptors (Lipinski definition) is 3. The molecule has 19 heavy (non-hydrogen) atoms. The summed E-state index contributed by atoms with van der Waals surface area (Å²) in [7, 11) is 0. The summed E-state index contributed by atoms with van der Waals surface area (Å²) >= 11 is 6.00. The summed E-state index contributed by atoms with van der Waals surface area (Å²) in [6, 6.07) is 6.01. The molecule has 0 bridgehead atoms. The number of phenolic OH excluding ortho intramolecular Hbond substituents is 1. The van der Waals surface area contributed by atoms with E-state index in [1.165, 1.54) is 32.4 Å². The molecule has 1 aromatic carbocycles. The maximum atomic E-state index is 9.88. The van der Waals surface area contributed by atoms with Gasteiger partial charge in [0, 0.05) is 36.3 Å². The molecule has 2 saturated heterocycles. The Morgan fingerprint density at radius 2 is 2.00 bits per heavy atom. The molecule has 0 aliphatic carbocycles. The summed E-state index contributed by atoms with van der Waals surface area (Å²) in [6.45, 7) is 5.57. The maximum absolute atomic E-state index is 9.88. The number of benzene rings is 1. The van der Waals surface area contributed by atoms with Crippen LogP contribution in [0.1, 0.15) is 24.8 Å². The van der Waals surface area contributed by atoms with Crippen molar-refractivity contribution in [3.8, 4) is 5.75 Å². The minimum absolute atomic E-state index is 0.356. The van der Waals surface area contributed by atoms with Crippen LogP contribution < -0.4 is 0 Å². The zero-order chi connectivity index (χ0) is 13.2. The lowest BCUT2D eigenvalue weighted by atomic mass is 10.2. The Morgan fingerprint density at radius 1 is 1.21 bits per heavy atom. The standard InChI is InChI=1S/C15H21ClN2O/c16-13-3-4-15(19)12(9-13)10-17-8-5-14(11-17)18-6-1-2-7-18/h3-4,9,14,19H,1-2,5-8,10-11H2. The first-order chi connectivity index (χ1) is 9.22. The van der Waals surface area contributed by atoms with E-state index in [1.54, 1.807) is 12.1 Å². The smallest absolute Gasteiger partial charge is 0.120 e. The third-order valence-corrected chi connectivity index (χ3v) is 4.58. The molecule has 1 unspecified atom stereocenters. The van der Waals surface area contributed by atoms with E-state index in [2.05, 4.69) is 9.80 Å². The Kier molecular flexibility index (Phi) is 3.96. The fourth-order valence-corrected chi connectivity index (χ4v) is 3.48. The molecule has 0 amide bonds. The van der Waals surface area contributed by atoms with Crippen molar-refractivity contribution in [3.05, 3.63) is 28.8 Å². The minimum atomic E-state index is 0.356. The van der Waals surface area contributed by atoms with Crippen LogP contribution in [-0.4, -0.2) is 47.1 Å². The van der Waals surface area contributed by atoms with E-state index in [0.29, 0.717) is 16.8 Å². The molecule has 0 aromatic heterocycles. The molecule has 0 saturated carbocycles. The van der Waals surface area contributed by atoms with E-state index in [4.69, 9.17) is 11.6 Å². The van der Waals surface area contributed by atoms with Crippen LogP contribution in [0.25, 0.3) is 0 Å². The van der Waals surface area contributed by atoms with Gasteiger partial charge in [0.05, 0.1) is 0 Å². The van der Waals surface area contributed by atoms with E-state index in [0.717, 1.165) is 25.2 Å². The van der Waals surface area contributed by atoms with Crippen molar-refractivity contribution in [2.75, 3.05) is 26.2 Å². The Bertz CT molecular complexity index is 446. The Balaban J connectivity index is 1.60. The number of hydrogen-bond donors (Lipinski definition) is 1. The molecule has 0 radical (unpaired) electrons. The number of aromatic hydroxyl groups is 1. The summed E-state index contributed by atoms with van der Waals surface area (Å²) in [6.07, 6.45) is 3.96. The van der Waals surface area contributed by atoms with Gasteiger partial charge >= 0.3 is 0 Å². The van der Waals surface area contributed by atoms with E-state index in [9.17, 15) is 5.11 Å². The number of halogens is 1. The first-order valence-corrected chi connectivity index (χ1v) is 7.54. The maximum Gasteiger partial charge on any atom is 0.120 e. The highest BCUT2D eigenvalue weighted by atomic mass is 35.5. The quantitative estimate of drug-likeness (QED) is 0.922. The zero-order valence-electron chi connectivity index (χ0n) is 11.2. The van der Waals surface area contributed by atoms with Gasteiger partial charge in [-0.2, -0.15) is 0 Å². The van der Waals surface area contributed by atoms with E-state index in [1.807, 2.05) is 6.07 Å². The zero-order valence-corrected chi connectivity index (χ0v) is 11.9. The number of nitrogens with zero attached hydrogens (tertiary/aromatic N) is 2. The van der Waals surface area contributed by atoms with Crippen molar-refractivity contribution in [1.29, 1.82) is 0 Å². The lowest BCUT2D eigenvalue weighted by Crippen LogP contribution is -2.35. The van der Waals surface area contributed by atoms with Gasteiger partial charge in [-0.1, -0.05) is 11.6 Å². The second-order valence-electron chi connectivity index (χ2n) is 5.69. The van der Waals surface area contributed by atoms with Gasteiger partial charge in [-0.05, 0) is 50.6 Å². The summed E-state index contributed by atoms with van der Waals surface area (Å²) < 4.78 is 0. The third-order valence-electron chi connectivity index (χ3n) is 4.34. The van der Waals surface area contributed by atoms with Crippen molar-refractivity contribution in [2.45, 2.75) is 31.8 Å². The molecule has 1 aromatic rings. The fourth-order valence-electron chi connectivity index (χ4n) is 3.28. The molecule has 1 N–H and O–H groups in total. The van der Waals surface area contributed by atoms with Crippen molar-refractivity contribution in [3.63, 3.8) is 0 Å². The Morgan fingerprint density at radius 3 is 2.79 bits per heavy atom. The van der Waals surface area contributed by atoms with Crippen molar-refractivity contribution in [1.82, 2.24) is 9.80 Å².